The average molecular weight is 293 g/mol. The summed E-state index contributed by atoms with van der Waals surface area (Å²) in [5.74, 6) is 0.595. The molecule has 0 unspecified atom stereocenters. The van der Waals surface area contributed by atoms with Crippen LogP contribution >= 0.6 is 0 Å². The van der Waals surface area contributed by atoms with Crippen LogP contribution in [0.1, 0.15) is 19.4 Å². The summed E-state index contributed by atoms with van der Waals surface area (Å²) in [6.45, 7) is 6.02. The number of nitrogens with one attached hydrogen (secondary N) is 1. The maximum absolute atomic E-state index is 12.0. The Hall–Kier alpha value is -2.75. The van der Waals surface area contributed by atoms with Crippen molar-refractivity contribution in [3.05, 3.63) is 70.9 Å². The lowest BCUT2D eigenvalue weighted by atomic mass is 10.0. The van der Waals surface area contributed by atoms with Crippen molar-refractivity contribution in [2.24, 2.45) is 0 Å². The molecule has 0 aliphatic rings. The lowest BCUT2D eigenvalue weighted by Crippen LogP contribution is -2.08. The standard InChI is InChI=1S/C16H13N3O.C2H6/c1-11-3-5-12(6-4-11)14-9-13(10-19-16(14)20)15-17-7-2-8-18-15;1-2/h2-10H,1H3,(H,19,20);1-2H3. The Kier molecular flexibility index (Phi) is 5.20. The van der Waals surface area contributed by atoms with Gasteiger partial charge in [0.25, 0.3) is 5.56 Å². The Balaban J connectivity index is 0.000000847. The van der Waals surface area contributed by atoms with Crippen LogP contribution in [-0.2, 0) is 0 Å². The molecule has 0 radical (unpaired) electrons. The first kappa shape index (κ1) is 15.6. The number of aryl methyl sites for hydroxylation is 1. The van der Waals surface area contributed by atoms with Crippen molar-refractivity contribution in [2.45, 2.75) is 20.8 Å². The largest absolute Gasteiger partial charge is 0.328 e. The molecule has 0 fully saturated rings. The quantitative estimate of drug-likeness (QED) is 0.781. The molecule has 3 rings (SSSR count). The van der Waals surface area contributed by atoms with Gasteiger partial charge in [-0.15, -0.1) is 0 Å². The fourth-order valence-corrected chi connectivity index (χ4v) is 2.01. The first-order chi connectivity index (χ1) is 10.7. The van der Waals surface area contributed by atoms with Crippen molar-refractivity contribution in [3.63, 3.8) is 0 Å². The van der Waals surface area contributed by atoms with Crippen LogP contribution in [0, 0.1) is 6.92 Å². The summed E-state index contributed by atoms with van der Waals surface area (Å²) in [7, 11) is 0. The van der Waals surface area contributed by atoms with Crippen molar-refractivity contribution in [2.75, 3.05) is 0 Å². The van der Waals surface area contributed by atoms with Gasteiger partial charge >= 0.3 is 0 Å². The molecule has 1 aromatic carbocycles. The summed E-state index contributed by atoms with van der Waals surface area (Å²) in [6.07, 6.45) is 4.99. The molecule has 0 aliphatic heterocycles. The smallest absolute Gasteiger partial charge is 0.255 e. The highest BCUT2D eigenvalue weighted by Crippen LogP contribution is 2.20. The van der Waals surface area contributed by atoms with Crippen LogP contribution in [0.4, 0.5) is 0 Å². The minimum absolute atomic E-state index is 0.117. The lowest BCUT2D eigenvalue weighted by Gasteiger charge is -2.04. The fraction of sp³-hybridized carbons (Fsp3) is 0.167. The number of H-pyrrole nitrogens is 1. The molecule has 22 heavy (non-hydrogen) atoms. The van der Waals surface area contributed by atoms with Gasteiger partial charge in [-0.3, -0.25) is 4.79 Å². The molecule has 0 amide bonds. The van der Waals surface area contributed by atoms with E-state index in [-0.39, 0.29) is 5.56 Å². The number of benzene rings is 1. The predicted molar refractivity (Wildman–Crippen MR) is 89.6 cm³/mol. The first-order valence-corrected chi connectivity index (χ1v) is 7.31. The van der Waals surface area contributed by atoms with Crippen molar-refractivity contribution in [1.29, 1.82) is 0 Å². The zero-order valence-electron chi connectivity index (χ0n) is 13.0. The van der Waals surface area contributed by atoms with E-state index < -0.39 is 0 Å². The summed E-state index contributed by atoms with van der Waals surface area (Å²) in [5, 5.41) is 0. The molecule has 112 valence electrons. The van der Waals surface area contributed by atoms with Gasteiger partial charge in [0.05, 0.1) is 0 Å². The molecular weight excluding hydrogens is 274 g/mol. The van der Waals surface area contributed by atoms with E-state index in [1.807, 2.05) is 51.1 Å². The topological polar surface area (TPSA) is 58.6 Å². The van der Waals surface area contributed by atoms with Crippen LogP contribution in [0.3, 0.4) is 0 Å². The molecule has 0 aliphatic carbocycles. The normalized spacial score (nSPS) is 9.77. The van der Waals surface area contributed by atoms with Crippen molar-refractivity contribution >= 4 is 0 Å². The molecule has 4 nitrogen and oxygen atoms in total. The number of aromatic nitrogens is 3. The molecule has 2 aromatic heterocycles. The van der Waals surface area contributed by atoms with Gasteiger partial charge in [-0.25, -0.2) is 9.97 Å². The van der Waals surface area contributed by atoms with E-state index in [9.17, 15) is 4.79 Å². The van der Waals surface area contributed by atoms with Crippen molar-refractivity contribution in [3.8, 4) is 22.5 Å². The fourth-order valence-electron chi connectivity index (χ4n) is 2.01. The van der Waals surface area contributed by atoms with Gasteiger partial charge < -0.3 is 4.98 Å². The highest BCUT2D eigenvalue weighted by atomic mass is 16.1. The van der Waals surface area contributed by atoms with E-state index in [1.165, 1.54) is 0 Å². The van der Waals surface area contributed by atoms with Crippen LogP contribution in [0.15, 0.2) is 59.8 Å². The monoisotopic (exact) mass is 293 g/mol. The van der Waals surface area contributed by atoms with Crippen LogP contribution in [0.5, 0.6) is 0 Å². The minimum Gasteiger partial charge on any atom is -0.328 e. The van der Waals surface area contributed by atoms with Crippen molar-refractivity contribution < 1.29 is 0 Å². The van der Waals surface area contributed by atoms with Gasteiger partial charge in [0, 0.05) is 29.7 Å². The van der Waals surface area contributed by atoms with E-state index in [2.05, 4.69) is 15.0 Å². The van der Waals surface area contributed by atoms with Crippen LogP contribution in [0.25, 0.3) is 22.5 Å². The van der Waals surface area contributed by atoms with E-state index in [0.717, 1.165) is 16.7 Å². The Bertz CT molecular complexity index is 777. The minimum atomic E-state index is -0.117. The second-order valence-corrected chi connectivity index (χ2v) is 4.57. The van der Waals surface area contributed by atoms with Gasteiger partial charge in [0.1, 0.15) is 0 Å². The summed E-state index contributed by atoms with van der Waals surface area (Å²) in [6, 6.07) is 11.4. The molecule has 0 saturated heterocycles. The van der Waals surface area contributed by atoms with E-state index in [0.29, 0.717) is 11.4 Å². The maximum atomic E-state index is 12.0. The maximum Gasteiger partial charge on any atom is 0.255 e. The third-order valence-corrected chi connectivity index (χ3v) is 3.09. The molecule has 0 bridgehead atoms. The molecular formula is C18H19N3O. The number of nitrogens with zero attached hydrogens (tertiary/aromatic N) is 2. The van der Waals surface area contributed by atoms with Gasteiger partial charge in [-0.05, 0) is 24.6 Å². The zero-order valence-corrected chi connectivity index (χ0v) is 13.0. The molecule has 0 saturated carbocycles. The molecule has 2 heterocycles. The Morgan fingerprint density at radius 2 is 1.59 bits per heavy atom. The summed E-state index contributed by atoms with van der Waals surface area (Å²) in [5.41, 5.74) is 3.34. The molecule has 0 atom stereocenters. The first-order valence-electron chi connectivity index (χ1n) is 7.31. The van der Waals surface area contributed by atoms with Gasteiger partial charge in [0.2, 0.25) is 0 Å². The van der Waals surface area contributed by atoms with Gasteiger partial charge in [0.15, 0.2) is 5.82 Å². The molecule has 3 aromatic rings. The van der Waals surface area contributed by atoms with Gasteiger partial charge in [-0.2, -0.15) is 0 Å². The summed E-state index contributed by atoms with van der Waals surface area (Å²) in [4.78, 5) is 23.1. The van der Waals surface area contributed by atoms with Crippen LogP contribution < -0.4 is 5.56 Å². The van der Waals surface area contributed by atoms with E-state index in [1.54, 1.807) is 24.7 Å². The Morgan fingerprint density at radius 3 is 2.23 bits per heavy atom. The number of hydrogen-bond donors (Lipinski definition) is 1. The number of hydrogen-bond acceptors (Lipinski definition) is 3. The molecule has 4 heteroatoms. The summed E-state index contributed by atoms with van der Waals surface area (Å²) < 4.78 is 0. The second-order valence-electron chi connectivity index (χ2n) is 4.57. The molecule has 0 spiro atoms. The third kappa shape index (κ3) is 3.47. The molecule has 1 N–H and O–H groups in total. The number of rotatable bonds is 2. The third-order valence-electron chi connectivity index (χ3n) is 3.09. The SMILES string of the molecule is CC.Cc1ccc(-c2cc(-c3ncccn3)c[nH]c2=O)cc1. The second kappa shape index (κ2) is 7.31. The van der Waals surface area contributed by atoms with Gasteiger partial charge in [-0.1, -0.05) is 43.7 Å². The van der Waals surface area contributed by atoms with Crippen LogP contribution in [0.2, 0.25) is 0 Å². The van der Waals surface area contributed by atoms with E-state index in [4.69, 9.17) is 0 Å². The van der Waals surface area contributed by atoms with Crippen LogP contribution in [-0.4, -0.2) is 15.0 Å². The summed E-state index contributed by atoms with van der Waals surface area (Å²) >= 11 is 0. The number of aromatic amines is 1. The predicted octanol–water partition coefficient (Wildman–Crippen LogP) is 3.83. The van der Waals surface area contributed by atoms with Crippen molar-refractivity contribution in [1.82, 2.24) is 15.0 Å². The highest BCUT2D eigenvalue weighted by Gasteiger charge is 2.07. The zero-order chi connectivity index (χ0) is 15.9. The average Bonchev–Trinajstić information content (AvgIpc) is 2.59. The Morgan fingerprint density at radius 1 is 0.955 bits per heavy atom. The Labute approximate surface area is 129 Å². The number of pyridine rings is 1. The van der Waals surface area contributed by atoms with E-state index >= 15 is 0 Å². The lowest BCUT2D eigenvalue weighted by molar-refractivity contribution is 1.15. The highest BCUT2D eigenvalue weighted by molar-refractivity contribution is 5.68.